The van der Waals surface area contributed by atoms with Gasteiger partial charge in [-0.05, 0) is 74.0 Å². The van der Waals surface area contributed by atoms with E-state index >= 15 is 0 Å². The lowest BCUT2D eigenvalue weighted by molar-refractivity contribution is -0.140. The minimum absolute atomic E-state index is 0.0805. The van der Waals surface area contributed by atoms with Gasteiger partial charge in [-0.3, -0.25) is 9.59 Å². The van der Waals surface area contributed by atoms with E-state index in [-0.39, 0.29) is 11.3 Å². The first-order chi connectivity index (χ1) is 19.2. The molecule has 1 aliphatic rings. The monoisotopic (exact) mass is 542 g/mol. The minimum Gasteiger partial charge on any atom is -0.507 e. The Morgan fingerprint density at radius 3 is 2.30 bits per heavy atom. The molecule has 7 heteroatoms. The largest absolute Gasteiger partial charge is 0.507 e. The van der Waals surface area contributed by atoms with Gasteiger partial charge in [-0.15, -0.1) is 0 Å². The lowest BCUT2D eigenvalue weighted by Crippen LogP contribution is -2.35. The van der Waals surface area contributed by atoms with Gasteiger partial charge in [-0.1, -0.05) is 56.3 Å². The van der Waals surface area contributed by atoms with Gasteiger partial charge >= 0.3 is 0 Å². The Labute approximate surface area is 236 Å². The number of amides is 1. The molecule has 3 aromatic rings. The maximum absolute atomic E-state index is 13.3. The van der Waals surface area contributed by atoms with Crippen LogP contribution in [0.3, 0.4) is 0 Å². The number of aryl methyl sites for hydroxylation is 1. The van der Waals surface area contributed by atoms with Gasteiger partial charge in [-0.2, -0.15) is 0 Å². The smallest absolute Gasteiger partial charge is 0.295 e. The average Bonchev–Trinajstić information content (AvgIpc) is 3.19. The number of likely N-dealkylation sites (N-methyl/N-ethyl adjacent to an activating group) is 1. The molecule has 1 aliphatic heterocycles. The summed E-state index contributed by atoms with van der Waals surface area (Å²) in [7, 11) is 3.83. The first-order valence-corrected chi connectivity index (χ1v) is 13.6. The Morgan fingerprint density at radius 2 is 1.68 bits per heavy atom. The number of carbonyl (C=O) groups excluding carboxylic acids is 2. The minimum atomic E-state index is -0.722. The summed E-state index contributed by atoms with van der Waals surface area (Å²) < 4.78 is 11.8. The number of carbonyl (C=O) groups is 2. The van der Waals surface area contributed by atoms with Gasteiger partial charge in [0.1, 0.15) is 23.9 Å². The molecule has 0 spiro atoms. The van der Waals surface area contributed by atoms with E-state index in [9.17, 15) is 14.7 Å². The third-order valence-electron chi connectivity index (χ3n) is 6.79. The number of ketones is 1. The van der Waals surface area contributed by atoms with Crippen LogP contribution in [-0.2, 0) is 16.2 Å². The van der Waals surface area contributed by atoms with E-state index < -0.39 is 17.7 Å². The van der Waals surface area contributed by atoms with Gasteiger partial charge in [0.15, 0.2) is 0 Å². The third kappa shape index (κ3) is 6.72. The fourth-order valence-electron chi connectivity index (χ4n) is 4.62. The van der Waals surface area contributed by atoms with Gasteiger partial charge in [0, 0.05) is 18.7 Å². The molecule has 1 amide bonds. The molecule has 1 saturated heterocycles. The lowest BCUT2D eigenvalue weighted by atomic mass is 9.94. The lowest BCUT2D eigenvalue weighted by Gasteiger charge is -2.26. The number of likely N-dealkylation sites (tertiary alicyclic amines) is 1. The molecule has 0 aliphatic carbocycles. The summed E-state index contributed by atoms with van der Waals surface area (Å²) in [5, 5.41) is 11.4. The van der Waals surface area contributed by atoms with Crippen molar-refractivity contribution in [3.8, 4) is 11.5 Å². The summed E-state index contributed by atoms with van der Waals surface area (Å²) in [6.07, 6.45) is 0. The van der Waals surface area contributed by atoms with Crippen molar-refractivity contribution in [2.45, 2.75) is 33.4 Å². The van der Waals surface area contributed by atoms with Gasteiger partial charge in [-0.25, -0.2) is 0 Å². The van der Waals surface area contributed by atoms with Crippen LogP contribution >= 0.6 is 0 Å². The highest BCUT2D eigenvalue weighted by Crippen LogP contribution is 2.40. The highest BCUT2D eigenvalue weighted by Gasteiger charge is 2.45. The second-order valence-electron chi connectivity index (χ2n) is 10.8. The van der Waals surface area contributed by atoms with Crippen LogP contribution in [0.25, 0.3) is 5.76 Å². The van der Waals surface area contributed by atoms with Crippen molar-refractivity contribution in [1.82, 2.24) is 9.80 Å². The number of benzene rings is 3. The van der Waals surface area contributed by atoms with E-state index in [1.54, 1.807) is 23.1 Å². The molecule has 1 unspecified atom stereocenters. The zero-order valence-corrected chi connectivity index (χ0v) is 23.9. The van der Waals surface area contributed by atoms with Crippen molar-refractivity contribution < 1.29 is 24.2 Å². The SMILES string of the molecule is Cc1cc(/C(O)=C2/C(=O)C(=O)N(CCN(C)C)C2c2ccc(OCc3ccccc3)cc2)ccc1OCC(C)C. The molecule has 210 valence electrons. The summed E-state index contributed by atoms with van der Waals surface area (Å²) >= 11 is 0. The van der Waals surface area contributed by atoms with Crippen molar-refractivity contribution in [3.05, 3.63) is 101 Å². The summed E-state index contributed by atoms with van der Waals surface area (Å²) in [6.45, 7) is 7.97. The molecule has 4 rings (SSSR count). The van der Waals surface area contributed by atoms with E-state index in [4.69, 9.17) is 9.47 Å². The Balaban J connectivity index is 1.67. The van der Waals surface area contributed by atoms with Crippen molar-refractivity contribution in [2.24, 2.45) is 5.92 Å². The molecule has 1 heterocycles. The first-order valence-electron chi connectivity index (χ1n) is 13.6. The quantitative estimate of drug-likeness (QED) is 0.193. The van der Waals surface area contributed by atoms with Crippen LogP contribution < -0.4 is 9.47 Å². The number of Topliss-reactive ketones (excluding diaryl/α,β-unsaturated/α-hetero) is 1. The molecule has 1 fully saturated rings. The number of hydrogen-bond acceptors (Lipinski definition) is 6. The van der Waals surface area contributed by atoms with Crippen LogP contribution in [0.1, 0.15) is 42.1 Å². The number of rotatable bonds is 11. The van der Waals surface area contributed by atoms with Crippen LogP contribution in [-0.4, -0.2) is 60.4 Å². The molecular formula is C33H38N2O5. The first kappa shape index (κ1) is 28.9. The third-order valence-corrected chi connectivity index (χ3v) is 6.79. The van der Waals surface area contributed by atoms with Gasteiger partial charge < -0.3 is 24.4 Å². The van der Waals surface area contributed by atoms with Gasteiger partial charge in [0.05, 0.1) is 18.2 Å². The van der Waals surface area contributed by atoms with E-state index in [2.05, 4.69) is 13.8 Å². The van der Waals surface area contributed by atoms with Crippen LogP contribution in [0, 0.1) is 12.8 Å². The van der Waals surface area contributed by atoms with E-state index in [0.717, 1.165) is 22.4 Å². The molecule has 1 atom stereocenters. The fraction of sp³-hybridized carbons (Fsp3) is 0.333. The molecule has 0 radical (unpaired) electrons. The predicted octanol–water partition coefficient (Wildman–Crippen LogP) is 5.59. The summed E-state index contributed by atoms with van der Waals surface area (Å²) in [4.78, 5) is 30.1. The second-order valence-corrected chi connectivity index (χ2v) is 10.8. The van der Waals surface area contributed by atoms with Gasteiger partial charge in [0.25, 0.3) is 11.7 Å². The molecule has 0 aromatic heterocycles. The highest BCUT2D eigenvalue weighted by molar-refractivity contribution is 6.46. The Hall–Kier alpha value is -4.10. The molecule has 7 nitrogen and oxygen atoms in total. The molecular weight excluding hydrogens is 504 g/mol. The van der Waals surface area contributed by atoms with Crippen molar-refractivity contribution >= 4 is 17.4 Å². The standard InChI is InChI=1S/C33H38N2O5/c1-22(2)20-40-28-16-13-26(19-23(28)3)31(36)29-30(35(18-17-34(4)5)33(38)32(29)37)25-11-14-27(15-12-25)39-21-24-9-7-6-8-10-24/h6-16,19,22,30,36H,17-18,20-21H2,1-5H3/b31-29-. The molecule has 0 saturated carbocycles. The van der Waals surface area contributed by atoms with Crippen LogP contribution in [0.15, 0.2) is 78.4 Å². The summed E-state index contributed by atoms with van der Waals surface area (Å²) in [5.41, 5.74) is 3.16. The molecule has 0 bridgehead atoms. The van der Waals surface area contributed by atoms with Crippen molar-refractivity contribution in [1.29, 1.82) is 0 Å². The number of ether oxygens (including phenoxy) is 2. The number of hydrogen-bond donors (Lipinski definition) is 1. The zero-order chi connectivity index (χ0) is 28.8. The molecule has 1 N–H and O–H groups in total. The van der Waals surface area contributed by atoms with Crippen molar-refractivity contribution in [3.63, 3.8) is 0 Å². The topological polar surface area (TPSA) is 79.3 Å². The average molecular weight is 543 g/mol. The Kier molecular flexibility index (Phi) is 9.27. The predicted molar refractivity (Wildman–Crippen MR) is 156 cm³/mol. The second kappa shape index (κ2) is 12.8. The Bertz CT molecular complexity index is 1360. The Morgan fingerprint density at radius 1 is 0.975 bits per heavy atom. The molecule has 40 heavy (non-hydrogen) atoms. The molecule has 3 aromatic carbocycles. The number of aliphatic hydroxyl groups is 1. The van der Waals surface area contributed by atoms with E-state index in [0.29, 0.717) is 43.5 Å². The van der Waals surface area contributed by atoms with Crippen LogP contribution in [0.2, 0.25) is 0 Å². The summed E-state index contributed by atoms with van der Waals surface area (Å²) in [5.74, 6) is 0.263. The van der Waals surface area contributed by atoms with Crippen LogP contribution in [0.4, 0.5) is 0 Å². The number of aliphatic hydroxyl groups excluding tert-OH is 1. The maximum Gasteiger partial charge on any atom is 0.295 e. The van der Waals surface area contributed by atoms with Crippen LogP contribution in [0.5, 0.6) is 11.5 Å². The van der Waals surface area contributed by atoms with Crippen molar-refractivity contribution in [2.75, 3.05) is 33.8 Å². The maximum atomic E-state index is 13.3. The highest BCUT2D eigenvalue weighted by atomic mass is 16.5. The fourth-order valence-corrected chi connectivity index (χ4v) is 4.62. The zero-order valence-electron chi connectivity index (χ0n) is 23.9. The number of nitrogens with zero attached hydrogens (tertiary/aromatic N) is 2. The van der Waals surface area contributed by atoms with E-state index in [1.807, 2.05) is 80.5 Å². The van der Waals surface area contributed by atoms with E-state index in [1.165, 1.54) is 0 Å². The normalized spacial score (nSPS) is 16.7. The van der Waals surface area contributed by atoms with Gasteiger partial charge in [0.2, 0.25) is 0 Å². The summed E-state index contributed by atoms with van der Waals surface area (Å²) in [6, 6.07) is 21.8.